The largest absolute Gasteiger partial charge is 0.493 e. The number of carbonyl (C=O) groups excluding carboxylic acids is 1. The molecule has 1 rings (SSSR count). The van der Waals surface area contributed by atoms with Gasteiger partial charge in [0.25, 0.3) is 0 Å². The fourth-order valence-electron chi connectivity index (χ4n) is 1.57. The number of carbonyl (C=O) groups is 1. The minimum absolute atomic E-state index is 0.206. The van der Waals surface area contributed by atoms with Crippen LogP contribution in [-0.4, -0.2) is 20.0 Å². The summed E-state index contributed by atoms with van der Waals surface area (Å²) in [6.07, 6.45) is 3.45. The van der Waals surface area contributed by atoms with Crippen LogP contribution in [0.15, 0.2) is 30.9 Å². The Morgan fingerprint density at radius 3 is 2.59 bits per heavy atom. The minimum atomic E-state index is 0.206. The number of Topliss-reactive ketones (excluding diaryl/α,β-unsaturated/α-hetero) is 1. The number of ether oxygens (including phenoxy) is 2. The molecule has 0 saturated carbocycles. The van der Waals surface area contributed by atoms with E-state index in [0.29, 0.717) is 24.3 Å². The molecular formula is C14H18O3. The van der Waals surface area contributed by atoms with Gasteiger partial charge in [0.05, 0.1) is 14.2 Å². The summed E-state index contributed by atoms with van der Waals surface area (Å²) < 4.78 is 10.3. The van der Waals surface area contributed by atoms with Crippen molar-refractivity contribution in [3.8, 4) is 11.5 Å². The van der Waals surface area contributed by atoms with E-state index in [9.17, 15) is 4.79 Å². The molecule has 3 nitrogen and oxygen atoms in total. The first-order valence-corrected chi connectivity index (χ1v) is 5.54. The monoisotopic (exact) mass is 234 g/mol. The molecule has 0 aliphatic heterocycles. The van der Waals surface area contributed by atoms with Gasteiger partial charge in [-0.15, -0.1) is 6.58 Å². The van der Waals surface area contributed by atoms with E-state index in [-0.39, 0.29) is 5.78 Å². The molecule has 0 heterocycles. The molecule has 92 valence electrons. The van der Waals surface area contributed by atoms with Gasteiger partial charge in [-0.25, -0.2) is 0 Å². The third-order valence-electron chi connectivity index (χ3n) is 2.48. The second-order valence-electron chi connectivity index (χ2n) is 3.73. The Kier molecular flexibility index (Phi) is 5.27. The lowest BCUT2D eigenvalue weighted by molar-refractivity contribution is -0.118. The summed E-state index contributed by atoms with van der Waals surface area (Å²) >= 11 is 0. The fraction of sp³-hybridized carbons (Fsp3) is 0.357. The number of methoxy groups -OCH3 is 2. The Morgan fingerprint density at radius 2 is 2.00 bits per heavy atom. The summed E-state index contributed by atoms with van der Waals surface area (Å²) in [4.78, 5) is 11.6. The number of benzene rings is 1. The van der Waals surface area contributed by atoms with Crippen molar-refractivity contribution in [1.82, 2.24) is 0 Å². The van der Waals surface area contributed by atoms with Crippen molar-refractivity contribution >= 4 is 5.78 Å². The SMILES string of the molecule is C=CCCC(=O)Cc1ccc(OC)c(OC)c1. The van der Waals surface area contributed by atoms with Crippen molar-refractivity contribution < 1.29 is 14.3 Å². The molecule has 0 aromatic heterocycles. The van der Waals surface area contributed by atoms with Crippen LogP contribution in [-0.2, 0) is 11.2 Å². The van der Waals surface area contributed by atoms with E-state index in [1.54, 1.807) is 20.3 Å². The standard InChI is InChI=1S/C14H18O3/c1-4-5-6-12(15)9-11-7-8-13(16-2)14(10-11)17-3/h4,7-8,10H,1,5-6,9H2,2-3H3. The molecule has 0 unspecified atom stereocenters. The second kappa shape index (κ2) is 6.74. The summed E-state index contributed by atoms with van der Waals surface area (Å²) in [7, 11) is 3.17. The van der Waals surface area contributed by atoms with Crippen molar-refractivity contribution in [1.29, 1.82) is 0 Å². The average Bonchev–Trinajstić information content (AvgIpc) is 2.36. The first-order valence-electron chi connectivity index (χ1n) is 5.54. The van der Waals surface area contributed by atoms with Gasteiger partial charge in [0.2, 0.25) is 0 Å². The molecule has 1 aromatic rings. The summed E-state index contributed by atoms with van der Waals surface area (Å²) in [6.45, 7) is 3.60. The smallest absolute Gasteiger partial charge is 0.161 e. The van der Waals surface area contributed by atoms with Crippen LogP contribution in [0.5, 0.6) is 11.5 Å². The van der Waals surface area contributed by atoms with Crippen LogP contribution in [0, 0.1) is 0 Å². The predicted molar refractivity (Wildman–Crippen MR) is 67.7 cm³/mol. The Labute approximate surface area is 102 Å². The summed E-state index contributed by atoms with van der Waals surface area (Å²) in [5, 5.41) is 0. The molecule has 3 heteroatoms. The van der Waals surface area contributed by atoms with Crippen molar-refractivity contribution in [3.05, 3.63) is 36.4 Å². The number of ketones is 1. The highest BCUT2D eigenvalue weighted by atomic mass is 16.5. The van der Waals surface area contributed by atoms with Crippen LogP contribution in [0.3, 0.4) is 0 Å². The maximum absolute atomic E-state index is 11.6. The zero-order chi connectivity index (χ0) is 12.7. The van der Waals surface area contributed by atoms with E-state index in [2.05, 4.69) is 6.58 Å². The molecule has 0 bridgehead atoms. The van der Waals surface area contributed by atoms with E-state index in [1.807, 2.05) is 18.2 Å². The number of allylic oxidation sites excluding steroid dienone is 1. The Balaban J connectivity index is 2.71. The molecule has 0 aliphatic carbocycles. The van der Waals surface area contributed by atoms with Crippen LogP contribution >= 0.6 is 0 Å². The van der Waals surface area contributed by atoms with Gasteiger partial charge in [0.15, 0.2) is 11.5 Å². The molecule has 0 spiro atoms. The van der Waals surface area contributed by atoms with Gasteiger partial charge in [0, 0.05) is 12.8 Å². The number of rotatable bonds is 7. The maximum Gasteiger partial charge on any atom is 0.161 e. The summed E-state index contributed by atoms with van der Waals surface area (Å²) in [5.41, 5.74) is 0.941. The minimum Gasteiger partial charge on any atom is -0.493 e. The van der Waals surface area contributed by atoms with Gasteiger partial charge in [-0.3, -0.25) is 4.79 Å². The molecule has 1 aromatic carbocycles. The van der Waals surface area contributed by atoms with Gasteiger partial charge >= 0.3 is 0 Å². The Hall–Kier alpha value is -1.77. The van der Waals surface area contributed by atoms with Crippen molar-refractivity contribution in [3.63, 3.8) is 0 Å². The second-order valence-corrected chi connectivity index (χ2v) is 3.73. The zero-order valence-electron chi connectivity index (χ0n) is 10.4. The van der Waals surface area contributed by atoms with Gasteiger partial charge in [-0.2, -0.15) is 0 Å². The van der Waals surface area contributed by atoms with E-state index in [4.69, 9.17) is 9.47 Å². The average molecular weight is 234 g/mol. The van der Waals surface area contributed by atoms with Crippen LogP contribution in [0.1, 0.15) is 18.4 Å². The summed E-state index contributed by atoms with van der Waals surface area (Å²) in [6, 6.07) is 5.53. The zero-order valence-corrected chi connectivity index (χ0v) is 10.4. The lowest BCUT2D eigenvalue weighted by Crippen LogP contribution is -2.02. The van der Waals surface area contributed by atoms with Crippen molar-refractivity contribution in [2.24, 2.45) is 0 Å². The highest BCUT2D eigenvalue weighted by Crippen LogP contribution is 2.27. The van der Waals surface area contributed by atoms with Crippen molar-refractivity contribution in [2.75, 3.05) is 14.2 Å². The van der Waals surface area contributed by atoms with Gasteiger partial charge in [-0.1, -0.05) is 12.1 Å². The van der Waals surface area contributed by atoms with Crippen LogP contribution in [0.25, 0.3) is 0 Å². The molecule has 0 aliphatic rings. The van der Waals surface area contributed by atoms with Crippen LogP contribution in [0.2, 0.25) is 0 Å². The third-order valence-corrected chi connectivity index (χ3v) is 2.48. The maximum atomic E-state index is 11.6. The normalized spacial score (nSPS) is 9.76. The van der Waals surface area contributed by atoms with Crippen LogP contribution in [0.4, 0.5) is 0 Å². The molecule has 17 heavy (non-hydrogen) atoms. The molecule has 0 N–H and O–H groups in total. The Morgan fingerprint density at radius 1 is 1.29 bits per heavy atom. The lowest BCUT2D eigenvalue weighted by atomic mass is 10.1. The molecule has 0 radical (unpaired) electrons. The van der Waals surface area contributed by atoms with E-state index in [0.717, 1.165) is 12.0 Å². The van der Waals surface area contributed by atoms with Gasteiger partial charge < -0.3 is 9.47 Å². The van der Waals surface area contributed by atoms with Gasteiger partial charge in [0.1, 0.15) is 5.78 Å². The fourth-order valence-corrected chi connectivity index (χ4v) is 1.57. The highest BCUT2D eigenvalue weighted by molar-refractivity contribution is 5.81. The predicted octanol–water partition coefficient (Wildman–Crippen LogP) is 2.78. The van der Waals surface area contributed by atoms with E-state index < -0.39 is 0 Å². The molecule has 0 fully saturated rings. The van der Waals surface area contributed by atoms with Crippen LogP contribution < -0.4 is 9.47 Å². The number of hydrogen-bond acceptors (Lipinski definition) is 3. The number of hydrogen-bond donors (Lipinski definition) is 0. The molecule has 0 amide bonds. The first kappa shape index (κ1) is 13.3. The highest BCUT2D eigenvalue weighted by Gasteiger charge is 2.07. The quantitative estimate of drug-likeness (QED) is 0.680. The molecule has 0 atom stereocenters. The molecule has 0 saturated heterocycles. The van der Waals surface area contributed by atoms with E-state index >= 15 is 0 Å². The third kappa shape index (κ3) is 3.94. The van der Waals surface area contributed by atoms with Crippen molar-refractivity contribution in [2.45, 2.75) is 19.3 Å². The van der Waals surface area contributed by atoms with E-state index in [1.165, 1.54) is 0 Å². The Bertz CT molecular complexity index is 396. The lowest BCUT2D eigenvalue weighted by Gasteiger charge is -2.09. The summed E-state index contributed by atoms with van der Waals surface area (Å²) in [5.74, 6) is 1.54. The van der Waals surface area contributed by atoms with Gasteiger partial charge in [-0.05, 0) is 24.1 Å². The topological polar surface area (TPSA) is 35.5 Å². The first-order chi connectivity index (χ1) is 8.21. The molecular weight excluding hydrogens is 216 g/mol.